The lowest BCUT2D eigenvalue weighted by molar-refractivity contribution is 0.315. The maximum Gasteiger partial charge on any atom is 0.135 e. The van der Waals surface area contributed by atoms with Gasteiger partial charge in [0, 0.05) is 6.20 Å². The third-order valence-corrected chi connectivity index (χ3v) is 2.63. The standard InChI is InChI=1S/C15H11N3O/c1(2-6-13-7-3-4-10-16-13)5-12-8-9-14-15(11-12)18-19-17-14/h1-11H. The van der Waals surface area contributed by atoms with E-state index >= 15 is 0 Å². The largest absolute Gasteiger partial charge is 0.257 e. The van der Waals surface area contributed by atoms with Crippen LogP contribution in [0.3, 0.4) is 0 Å². The lowest BCUT2D eigenvalue weighted by atomic mass is 10.2. The second-order valence-corrected chi connectivity index (χ2v) is 3.99. The first-order valence-corrected chi connectivity index (χ1v) is 5.90. The van der Waals surface area contributed by atoms with Crippen molar-refractivity contribution in [3.05, 3.63) is 66.0 Å². The maximum atomic E-state index is 4.66. The van der Waals surface area contributed by atoms with E-state index in [1.165, 1.54) is 0 Å². The molecule has 0 aliphatic heterocycles. The molecule has 4 heteroatoms. The summed E-state index contributed by atoms with van der Waals surface area (Å²) in [5.41, 5.74) is 3.51. The first-order valence-electron chi connectivity index (χ1n) is 5.90. The van der Waals surface area contributed by atoms with Gasteiger partial charge in [-0.2, -0.15) is 0 Å². The quantitative estimate of drug-likeness (QED) is 0.668. The van der Waals surface area contributed by atoms with Crippen molar-refractivity contribution < 1.29 is 4.63 Å². The van der Waals surface area contributed by atoms with Gasteiger partial charge in [0.2, 0.25) is 0 Å². The number of nitrogens with zero attached hydrogens (tertiary/aromatic N) is 3. The molecule has 2 aromatic heterocycles. The highest BCUT2D eigenvalue weighted by Gasteiger charge is 1.98. The minimum absolute atomic E-state index is 0.760. The summed E-state index contributed by atoms with van der Waals surface area (Å²) in [4.78, 5) is 4.21. The molecule has 19 heavy (non-hydrogen) atoms. The van der Waals surface area contributed by atoms with Gasteiger partial charge in [0.05, 0.1) is 5.69 Å². The molecule has 0 unspecified atom stereocenters. The molecule has 0 atom stereocenters. The molecule has 0 bridgehead atoms. The fourth-order valence-corrected chi connectivity index (χ4v) is 1.70. The third kappa shape index (κ3) is 2.74. The topological polar surface area (TPSA) is 51.8 Å². The lowest BCUT2D eigenvalue weighted by Crippen LogP contribution is -1.75. The minimum Gasteiger partial charge on any atom is -0.257 e. The van der Waals surface area contributed by atoms with Crippen molar-refractivity contribution in [1.82, 2.24) is 15.3 Å². The normalized spacial score (nSPS) is 11.8. The Morgan fingerprint density at radius 2 is 1.79 bits per heavy atom. The van der Waals surface area contributed by atoms with Crippen LogP contribution < -0.4 is 0 Å². The van der Waals surface area contributed by atoms with Crippen molar-refractivity contribution in [2.24, 2.45) is 0 Å². The number of allylic oxidation sites excluding steroid dienone is 2. The summed E-state index contributed by atoms with van der Waals surface area (Å²) in [6.45, 7) is 0. The Labute approximate surface area is 110 Å². The fraction of sp³-hybridized carbons (Fsp3) is 0. The lowest BCUT2D eigenvalue weighted by Gasteiger charge is -1.90. The van der Waals surface area contributed by atoms with E-state index in [0.717, 1.165) is 22.3 Å². The van der Waals surface area contributed by atoms with E-state index in [0.29, 0.717) is 0 Å². The Hall–Kier alpha value is -2.75. The Morgan fingerprint density at radius 1 is 0.895 bits per heavy atom. The maximum absolute atomic E-state index is 4.66. The van der Waals surface area contributed by atoms with E-state index in [4.69, 9.17) is 0 Å². The first-order chi connectivity index (χ1) is 9.42. The van der Waals surface area contributed by atoms with E-state index in [-0.39, 0.29) is 0 Å². The number of benzene rings is 1. The van der Waals surface area contributed by atoms with Crippen molar-refractivity contribution in [2.45, 2.75) is 0 Å². The van der Waals surface area contributed by atoms with Crippen molar-refractivity contribution in [3.63, 3.8) is 0 Å². The monoisotopic (exact) mass is 249 g/mol. The molecule has 92 valence electrons. The van der Waals surface area contributed by atoms with Crippen LogP contribution in [0, 0.1) is 0 Å². The van der Waals surface area contributed by atoms with Crippen LogP contribution in [0.25, 0.3) is 23.2 Å². The Balaban J connectivity index is 1.73. The summed E-state index contributed by atoms with van der Waals surface area (Å²) < 4.78 is 4.66. The van der Waals surface area contributed by atoms with Crippen molar-refractivity contribution in [3.8, 4) is 0 Å². The van der Waals surface area contributed by atoms with E-state index < -0.39 is 0 Å². The van der Waals surface area contributed by atoms with Crippen LogP contribution >= 0.6 is 0 Å². The number of rotatable bonds is 3. The summed E-state index contributed by atoms with van der Waals surface area (Å²) in [6, 6.07) is 11.6. The minimum atomic E-state index is 0.760. The van der Waals surface area contributed by atoms with E-state index in [2.05, 4.69) is 19.9 Å². The third-order valence-electron chi connectivity index (χ3n) is 2.63. The second-order valence-electron chi connectivity index (χ2n) is 3.99. The second kappa shape index (κ2) is 5.27. The van der Waals surface area contributed by atoms with Gasteiger partial charge >= 0.3 is 0 Å². The van der Waals surface area contributed by atoms with Crippen LogP contribution in [-0.2, 0) is 0 Å². The number of hydrogen-bond acceptors (Lipinski definition) is 4. The molecular formula is C15H11N3O. The van der Waals surface area contributed by atoms with Gasteiger partial charge in [0.25, 0.3) is 0 Å². The predicted molar refractivity (Wildman–Crippen MR) is 74.1 cm³/mol. The number of fused-ring (bicyclic) bond motifs is 1. The highest BCUT2D eigenvalue weighted by molar-refractivity contribution is 5.76. The van der Waals surface area contributed by atoms with E-state index in [1.54, 1.807) is 6.20 Å². The molecule has 0 amide bonds. The van der Waals surface area contributed by atoms with E-state index in [9.17, 15) is 0 Å². The summed E-state index contributed by atoms with van der Waals surface area (Å²) >= 11 is 0. The predicted octanol–water partition coefficient (Wildman–Crippen LogP) is 3.34. The summed E-state index contributed by atoms with van der Waals surface area (Å²) in [6.07, 6.45) is 9.63. The molecule has 0 N–H and O–H groups in total. The number of hydrogen-bond donors (Lipinski definition) is 0. The number of pyridine rings is 1. The smallest absolute Gasteiger partial charge is 0.135 e. The summed E-state index contributed by atoms with van der Waals surface area (Å²) in [5, 5.41) is 7.57. The molecule has 1 aromatic carbocycles. The van der Waals surface area contributed by atoms with Gasteiger partial charge in [-0.05, 0) is 46.2 Å². The molecule has 3 rings (SSSR count). The fourth-order valence-electron chi connectivity index (χ4n) is 1.70. The zero-order valence-electron chi connectivity index (χ0n) is 10.1. The summed E-state index contributed by atoms with van der Waals surface area (Å²) in [7, 11) is 0. The molecule has 0 radical (unpaired) electrons. The van der Waals surface area contributed by atoms with Crippen molar-refractivity contribution >= 4 is 23.2 Å². The van der Waals surface area contributed by atoms with Crippen LogP contribution in [0.2, 0.25) is 0 Å². The van der Waals surface area contributed by atoms with Crippen LogP contribution in [-0.4, -0.2) is 15.3 Å². The van der Waals surface area contributed by atoms with Gasteiger partial charge in [-0.1, -0.05) is 30.4 Å². The average Bonchev–Trinajstić information content (AvgIpc) is 2.92. The van der Waals surface area contributed by atoms with Gasteiger partial charge in [0.1, 0.15) is 11.0 Å². The molecule has 0 saturated heterocycles. The SMILES string of the molecule is C(C=Cc1ccccn1)=Cc1ccc2nonc2c1. The van der Waals surface area contributed by atoms with Crippen LogP contribution in [0.5, 0.6) is 0 Å². The molecule has 0 spiro atoms. The van der Waals surface area contributed by atoms with Gasteiger partial charge in [-0.3, -0.25) is 4.98 Å². The van der Waals surface area contributed by atoms with E-state index in [1.807, 2.05) is 60.7 Å². The van der Waals surface area contributed by atoms with Gasteiger partial charge in [-0.15, -0.1) is 0 Å². The zero-order chi connectivity index (χ0) is 12.9. The molecule has 0 fully saturated rings. The highest BCUT2D eigenvalue weighted by atomic mass is 16.6. The highest BCUT2D eigenvalue weighted by Crippen LogP contribution is 2.12. The Bertz CT molecular complexity index is 729. The molecule has 0 aliphatic rings. The molecule has 0 saturated carbocycles. The molecule has 0 aliphatic carbocycles. The van der Waals surface area contributed by atoms with Crippen molar-refractivity contribution in [2.75, 3.05) is 0 Å². The Morgan fingerprint density at radius 3 is 2.68 bits per heavy atom. The van der Waals surface area contributed by atoms with Crippen LogP contribution in [0.4, 0.5) is 0 Å². The molecular weight excluding hydrogens is 238 g/mol. The van der Waals surface area contributed by atoms with Gasteiger partial charge in [0.15, 0.2) is 0 Å². The zero-order valence-corrected chi connectivity index (χ0v) is 10.1. The van der Waals surface area contributed by atoms with Gasteiger partial charge < -0.3 is 0 Å². The van der Waals surface area contributed by atoms with Gasteiger partial charge in [-0.25, -0.2) is 4.63 Å². The first kappa shape index (κ1) is 11.3. The summed E-state index contributed by atoms with van der Waals surface area (Å²) in [5.74, 6) is 0. The molecule has 2 heterocycles. The Kier molecular flexibility index (Phi) is 3.14. The van der Waals surface area contributed by atoms with Crippen LogP contribution in [0.15, 0.2) is 59.4 Å². The molecule has 3 aromatic rings. The molecule has 4 nitrogen and oxygen atoms in total. The van der Waals surface area contributed by atoms with Crippen molar-refractivity contribution in [1.29, 1.82) is 0 Å². The average molecular weight is 249 g/mol. The van der Waals surface area contributed by atoms with Crippen LogP contribution in [0.1, 0.15) is 11.3 Å². The number of aromatic nitrogens is 3.